The van der Waals surface area contributed by atoms with E-state index < -0.39 is 11.4 Å². The number of amides is 3. The number of rotatable bonds is 22. The Hall–Kier alpha value is -7.21. The largest absolute Gasteiger partial charge is 0.325 e. The van der Waals surface area contributed by atoms with Crippen LogP contribution in [0.1, 0.15) is 50.8 Å². The molecule has 0 spiro atoms. The Bertz CT molecular complexity index is 3670. The number of hydrogen-bond acceptors (Lipinski definition) is 15. The predicted octanol–water partition coefficient (Wildman–Crippen LogP) is 13.8. The van der Waals surface area contributed by atoms with Gasteiger partial charge in [-0.1, -0.05) is 103 Å². The molecule has 0 bridgehead atoms. The number of thiophene rings is 3. The van der Waals surface area contributed by atoms with Crippen LogP contribution in [0, 0.1) is 0 Å². The third-order valence-corrected chi connectivity index (χ3v) is 18.1. The maximum Gasteiger partial charge on any atom is 0.269 e. The Labute approximate surface area is 473 Å². The number of carbonyl (C=O) groups is 3. The van der Waals surface area contributed by atoms with Crippen molar-refractivity contribution in [2.24, 2.45) is 0 Å². The van der Waals surface area contributed by atoms with E-state index in [1.807, 2.05) is 135 Å². The number of alkyl halides is 1. The van der Waals surface area contributed by atoms with Gasteiger partial charge in [0.05, 0.1) is 17.5 Å². The number of thioether (sulfide) groups is 3. The van der Waals surface area contributed by atoms with E-state index in [0.717, 1.165) is 90.8 Å². The van der Waals surface area contributed by atoms with Gasteiger partial charge in [-0.3, -0.25) is 23.5 Å². The van der Waals surface area contributed by atoms with Gasteiger partial charge < -0.3 is 20.5 Å². The highest BCUT2D eigenvalue weighted by atomic mass is 32.2. The van der Waals surface area contributed by atoms with E-state index in [-0.39, 0.29) is 29.4 Å². The second kappa shape index (κ2) is 24.2. The van der Waals surface area contributed by atoms with Crippen LogP contribution in [0.4, 0.5) is 21.5 Å². The van der Waals surface area contributed by atoms with Gasteiger partial charge in [-0.05, 0) is 115 Å². The topological polar surface area (TPSA) is 179 Å². The fraction of sp³-hybridized carbons (Fsp3) is 0.196. The van der Waals surface area contributed by atoms with Gasteiger partial charge >= 0.3 is 0 Å². The van der Waals surface area contributed by atoms with E-state index in [9.17, 15) is 14.4 Å². The molecule has 1 aliphatic rings. The number of nitrogens with zero attached hydrogens (tertiary/aromatic N) is 9. The first-order valence-electron chi connectivity index (χ1n) is 25.0. The van der Waals surface area contributed by atoms with E-state index in [4.69, 9.17) is 0 Å². The average molecular weight is 1150 g/mol. The van der Waals surface area contributed by atoms with E-state index in [1.165, 1.54) is 34.9 Å². The van der Waals surface area contributed by atoms with Gasteiger partial charge in [-0.2, -0.15) is 11.3 Å². The summed E-state index contributed by atoms with van der Waals surface area (Å²) in [5.74, 6) is 1.42. The quantitative estimate of drug-likeness (QED) is 0.0548. The van der Waals surface area contributed by atoms with E-state index in [2.05, 4.69) is 75.5 Å². The Morgan fingerprint density at radius 1 is 0.615 bits per heavy atom. The van der Waals surface area contributed by atoms with Gasteiger partial charge in [-0.25, -0.2) is 4.39 Å². The third-order valence-electron chi connectivity index (χ3n) is 12.6. The van der Waals surface area contributed by atoms with E-state index in [0.29, 0.717) is 45.9 Å². The molecule has 3 amide bonds. The lowest BCUT2D eigenvalue weighted by molar-refractivity contribution is -0.118. The first-order valence-corrected chi connectivity index (χ1v) is 30.5. The molecule has 2 atom stereocenters. The van der Waals surface area contributed by atoms with Crippen LogP contribution in [0.3, 0.4) is 0 Å². The molecule has 1 fully saturated rings. The molecular formula is C56H49FN12O3S6. The first kappa shape index (κ1) is 52.8. The molecule has 0 aliphatic heterocycles. The summed E-state index contributed by atoms with van der Waals surface area (Å²) in [7, 11) is 0. The van der Waals surface area contributed by atoms with Gasteiger partial charge in [0.2, 0.25) is 17.3 Å². The third kappa shape index (κ3) is 12.2. The molecule has 2 unspecified atom stereocenters. The second-order valence-corrected chi connectivity index (χ2v) is 23.7. The fourth-order valence-corrected chi connectivity index (χ4v) is 13.4. The Morgan fingerprint density at radius 2 is 1.17 bits per heavy atom. The van der Waals surface area contributed by atoms with Gasteiger partial charge in [0.1, 0.15) is 0 Å². The number of carbonyl (C=O) groups excluding carboxylic acids is 3. The van der Waals surface area contributed by atoms with Crippen molar-refractivity contribution in [2.75, 3.05) is 27.5 Å². The Morgan fingerprint density at radius 3 is 1.78 bits per heavy atom. The number of anilines is 3. The standard InChI is InChI=1S/C56H49FN12O3S6/c1-3-25-67-50(39-27-45(74-30-39)37-16-20-43(21-17-37)60-53(72)49(57)78-56-66-62-51(38-24-26-73-29-38)68(56)34(2)35-10-6-4-7-11-35)61-64-54(67)76-32-47(70)59-42-18-14-36(15-19-42)46-28-40(31-75-46)52-63-65-55(69(52)44-22-23-44)77-33-48(71)58-41-12-8-5-9-13-41/h4-21,24,26-31,34,44,49H,3,22-23,25,32-33H2,1-2H3,(H,58,71)(H,59,70)(H,60,72). The molecule has 394 valence electrons. The molecule has 78 heavy (non-hydrogen) atoms. The highest BCUT2D eigenvalue weighted by molar-refractivity contribution is 8.00. The van der Waals surface area contributed by atoms with E-state index >= 15 is 4.39 Å². The number of para-hydroxylation sites is 1. The number of hydrogen-bond donors (Lipinski definition) is 3. The molecule has 0 radical (unpaired) electrons. The SMILES string of the molecule is CCCn1c(SCC(=O)Nc2ccc(-c3cc(-c4nnc(SCC(=O)Nc5ccccc5)n4C4CC4)cs3)cc2)nnc1-c1csc(-c2ccc(NC(=O)C(F)Sc3nnc(-c4ccsc4)n3C(C)c3ccccc3)cc2)c1. The maximum absolute atomic E-state index is 15.8. The summed E-state index contributed by atoms with van der Waals surface area (Å²) in [6.07, 6.45) is 2.93. The summed E-state index contributed by atoms with van der Waals surface area (Å²) in [5.41, 5.74) is 5.64. The fourth-order valence-electron chi connectivity index (χ4n) is 8.61. The second-order valence-electron chi connectivity index (χ2n) is 18.2. The highest BCUT2D eigenvalue weighted by Crippen LogP contribution is 2.43. The molecule has 22 heteroatoms. The zero-order valence-corrected chi connectivity index (χ0v) is 46.9. The Kier molecular flexibility index (Phi) is 16.4. The van der Waals surface area contributed by atoms with Gasteiger partial charge in [0.25, 0.3) is 5.91 Å². The molecule has 10 aromatic rings. The molecule has 11 rings (SSSR count). The predicted molar refractivity (Wildman–Crippen MR) is 314 cm³/mol. The minimum absolute atomic E-state index is 0.0945. The summed E-state index contributed by atoms with van der Waals surface area (Å²) in [6.45, 7) is 4.76. The van der Waals surface area contributed by atoms with Crippen molar-refractivity contribution in [2.45, 2.75) is 72.7 Å². The number of benzene rings is 4. The normalized spacial score (nSPS) is 13.1. The van der Waals surface area contributed by atoms with Crippen molar-refractivity contribution in [3.05, 3.63) is 154 Å². The Balaban J connectivity index is 0.678. The summed E-state index contributed by atoms with van der Waals surface area (Å²) in [6, 6.07) is 40.6. The van der Waals surface area contributed by atoms with Crippen LogP contribution in [0.5, 0.6) is 0 Å². The molecule has 4 aromatic carbocycles. The number of nitrogens with one attached hydrogen (secondary N) is 3. The van der Waals surface area contributed by atoms with Crippen molar-refractivity contribution < 1.29 is 18.8 Å². The van der Waals surface area contributed by atoms with Crippen molar-refractivity contribution in [1.29, 1.82) is 0 Å². The minimum Gasteiger partial charge on any atom is -0.325 e. The van der Waals surface area contributed by atoms with Crippen LogP contribution >= 0.6 is 69.3 Å². The number of aromatic nitrogens is 9. The average Bonchev–Trinajstić information content (AvgIpc) is 4.20. The van der Waals surface area contributed by atoms with Gasteiger partial charge in [0.15, 0.2) is 32.9 Å². The summed E-state index contributed by atoms with van der Waals surface area (Å²) >= 11 is 8.16. The monoisotopic (exact) mass is 1150 g/mol. The molecule has 1 aliphatic carbocycles. The van der Waals surface area contributed by atoms with Crippen molar-refractivity contribution >= 4 is 104 Å². The van der Waals surface area contributed by atoms with Gasteiger partial charge in [0, 0.05) is 72.2 Å². The van der Waals surface area contributed by atoms with Crippen molar-refractivity contribution in [3.8, 4) is 55.0 Å². The molecule has 1 saturated carbocycles. The van der Waals surface area contributed by atoms with Gasteiger partial charge in [-0.15, -0.1) is 53.3 Å². The lowest BCUT2D eigenvalue weighted by Crippen LogP contribution is -2.22. The van der Waals surface area contributed by atoms with Crippen LogP contribution in [0.2, 0.25) is 0 Å². The van der Waals surface area contributed by atoms with Crippen LogP contribution < -0.4 is 16.0 Å². The molecule has 3 N–H and O–H groups in total. The summed E-state index contributed by atoms with van der Waals surface area (Å²) in [4.78, 5) is 41.2. The maximum atomic E-state index is 15.8. The smallest absolute Gasteiger partial charge is 0.269 e. The highest BCUT2D eigenvalue weighted by Gasteiger charge is 2.31. The van der Waals surface area contributed by atoms with E-state index in [1.54, 1.807) is 34.8 Å². The zero-order chi connectivity index (χ0) is 53.5. The first-order chi connectivity index (χ1) is 38.1. The van der Waals surface area contributed by atoms with Crippen LogP contribution in [0.25, 0.3) is 55.0 Å². The lowest BCUT2D eigenvalue weighted by atomic mass is 10.1. The molecule has 15 nitrogen and oxygen atoms in total. The summed E-state index contributed by atoms with van der Waals surface area (Å²) in [5, 5.41) is 45.3. The molecular weight excluding hydrogens is 1100 g/mol. The van der Waals surface area contributed by atoms with Crippen LogP contribution in [-0.4, -0.2) is 79.0 Å². The lowest BCUT2D eigenvalue weighted by Gasteiger charge is -2.19. The summed E-state index contributed by atoms with van der Waals surface area (Å²) < 4.78 is 21.8. The number of halogens is 1. The van der Waals surface area contributed by atoms with Crippen molar-refractivity contribution in [3.63, 3.8) is 0 Å². The minimum atomic E-state index is -1.95. The van der Waals surface area contributed by atoms with Crippen LogP contribution in [-0.2, 0) is 20.9 Å². The van der Waals surface area contributed by atoms with Crippen molar-refractivity contribution in [1.82, 2.24) is 44.3 Å². The zero-order valence-electron chi connectivity index (χ0n) is 42.0. The molecule has 6 heterocycles. The molecule has 0 saturated heterocycles. The van der Waals surface area contributed by atoms with Crippen LogP contribution in [0.15, 0.2) is 164 Å². The molecule has 6 aromatic heterocycles.